The number of hydrogen-bond donors (Lipinski definition) is 0. The lowest BCUT2D eigenvalue weighted by molar-refractivity contribution is 1.13. The van der Waals surface area contributed by atoms with Crippen LogP contribution in [0.15, 0.2) is 65.1 Å². The summed E-state index contributed by atoms with van der Waals surface area (Å²) in [6, 6.07) is 21.2. The van der Waals surface area contributed by atoms with Gasteiger partial charge in [-0.25, -0.2) is 0 Å². The molecule has 116 valence electrons. The second-order valence-electron chi connectivity index (χ2n) is 5.83. The molecular formula is C20H19BrN2. The van der Waals surface area contributed by atoms with Crippen molar-refractivity contribution in [1.82, 2.24) is 4.98 Å². The summed E-state index contributed by atoms with van der Waals surface area (Å²) in [5, 5.41) is 0. The molecule has 3 heteroatoms. The van der Waals surface area contributed by atoms with Crippen LogP contribution in [0.4, 0.5) is 5.69 Å². The van der Waals surface area contributed by atoms with Crippen LogP contribution in [0.5, 0.6) is 0 Å². The maximum atomic E-state index is 4.68. The van der Waals surface area contributed by atoms with Crippen molar-refractivity contribution in [1.29, 1.82) is 0 Å². The van der Waals surface area contributed by atoms with E-state index >= 15 is 0 Å². The van der Waals surface area contributed by atoms with E-state index in [1.165, 1.54) is 16.8 Å². The molecule has 1 heterocycles. The predicted octanol–water partition coefficient (Wildman–Crippen LogP) is 5.55. The minimum Gasteiger partial charge on any atom is -0.378 e. The Balaban J connectivity index is 2.01. The number of hydrogen-bond acceptors (Lipinski definition) is 2. The molecule has 0 aliphatic carbocycles. The fourth-order valence-corrected chi connectivity index (χ4v) is 2.82. The number of aryl methyl sites for hydroxylation is 1. The van der Waals surface area contributed by atoms with Gasteiger partial charge in [0, 0.05) is 35.5 Å². The van der Waals surface area contributed by atoms with Crippen molar-refractivity contribution in [3.05, 3.63) is 70.8 Å². The Morgan fingerprint density at radius 2 is 1.39 bits per heavy atom. The molecule has 1 aromatic heterocycles. The molecule has 0 bridgehead atoms. The number of halogens is 1. The average Bonchev–Trinajstić information content (AvgIpc) is 2.55. The van der Waals surface area contributed by atoms with E-state index in [1.807, 2.05) is 19.1 Å². The van der Waals surface area contributed by atoms with Crippen LogP contribution in [0.25, 0.3) is 22.4 Å². The lowest BCUT2D eigenvalue weighted by Crippen LogP contribution is -2.07. The number of anilines is 1. The number of rotatable bonds is 3. The second kappa shape index (κ2) is 6.55. The number of aromatic nitrogens is 1. The molecule has 23 heavy (non-hydrogen) atoms. The highest BCUT2D eigenvalue weighted by atomic mass is 79.9. The quantitative estimate of drug-likeness (QED) is 0.603. The molecule has 0 spiro atoms. The first-order valence-corrected chi connectivity index (χ1v) is 8.34. The van der Waals surface area contributed by atoms with Crippen LogP contribution >= 0.6 is 15.9 Å². The van der Waals surface area contributed by atoms with Crippen molar-refractivity contribution < 1.29 is 0 Å². The predicted molar refractivity (Wildman–Crippen MR) is 102 cm³/mol. The molecule has 0 atom stereocenters. The summed E-state index contributed by atoms with van der Waals surface area (Å²) in [6.45, 7) is 2.04. The highest BCUT2D eigenvalue weighted by molar-refractivity contribution is 9.10. The first-order chi connectivity index (χ1) is 11.0. The topological polar surface area (TPSA) is 16.1 Å². The summed E-state index contributed by atoms with van der Waals surface area (Å²) in [7, 11) is 4.11. The van der Waals surface area contributed by atoms with E-state index in [0.717, 1.165) is 21.4 Å². The molecule has 0 fully saturated rings. The second-order valence-corrected chi connectivity index (χ2v) is 6.75. The molecule has 0 amide bonds. The third-order valence-electron chi connectivity index (χ3n) is 3.81. The Bertz CT molecular complexity index is 806. The van der Waals surface area contributed by atoms with Gasteiger partial charge in [0.2, 0.25) is 0 Å². The Labute approximate surface area is 145 Å². The van der Waals surface area contributed by atoms with E-state index in [2.05, 4.69) is 88.4 Å². The van der Waals surface area contributed by atoms with Gasteiger partial charge < -0.3 is 4.90 Å². The van der Waals surface area contributed by atoms with E-state index in [4.69, 9.17) is 0 Å². The lowest BCUT2D eigenvalue weighted by Gasteiger charge is -2.13. The van der Waals surface area contributed by atoms with Crippen LogP contribution in [0.3, 0.4) is 0 Å². The zero-order valence-corrected chi connectivity index (χ0v) is 15.1. The molecular weight excluding hydrogens is 348 g/mol. The van der Waals surface area contributed by atoms with Crippen molar-refractivity contribution in [3.8, 4) is 22.4 Å². The molecule has 0 N–H and O–H groups in total. The van der Waals surface area contributed by atoms with Gasteiger partial charge >= 0.3 is 0 Å². The number of benzene rings is 2. The first kappa shape index (κ1) is 15.8. The number of nitrogens with zero attached hydrogens (tertiary/aromatic N) is 2. The van der Waals surface area contributed by atoms with Crippen LogP contribution in [0.1, 0.15) is 5.69 Å². The molecule has 0 aliphatic heterocycles. The van der Waals surface area contributed by atoms with E-state index in [-0.39, 0.29) is 0 Å². The number of pyridine rings is 1. The summed E-state index contributed by atoms with van der Waals surface area (Å²) in [5.41, 5.74) is 6.76. The summed E-state index contributed by atoms with van der Waals surface area (Å²) in [5.74, 6) is 0. The maximum absolute atomic E-state index is 4.68. The van der Waals surface area contributed by atoms with E-state index < -0.39 is 0 Å². The smallest absolute Gasteiger partial charge is 0.0711 e. The summed E-state index contributed by atoms with van der Waals surface area (Å²) < 4.78 is 1.08. The highest BCUT2D eigenvalue weighted by Gasteiger charge is 2.06. The first-order valence-electron chi connectivity index (χ1n) is 7.55. The van der Waals surface area contributed by atoms with Gasteiger partial charge in [0.1, 0.15) is 0 Å². The largest absolute Gasteiger partial charge is 0.378 e. The van der Waals surface area contributed by atoms with Gasteiger partial charge in [0.05, 0.1) is 5.69 Å². The van der Waals surface area contributed by atoms with Crippen LogP contribution in [0.2, 0.25) is 0 Å². The van der Waals surface area contributed by atoms with Crippen molar-refractivity contribution in [3.63, 3.8) is 0 Å². The standard InChI is InChI=1S/C20H19BrN2/c1-14-12-17(15-6-10-19(11-7-15)23(2)3)13-20(22-14)16-4-8-18(21)9-5-16/h4-13H,1-3H3. The Kier molecular flexibility index (Phi) is 4.49. The summed E-state index contributed by atoms with van der Waals surface area (Å²) >= 11 is 3.48. The van der Waals surface area contributed by atoms with E-state index in [9.17, 15) is 0 Å². The van der Waals surface area contributed by atoms with Crippen molar-refractivity contribution >= 4 is 21.6 Å². The fourth-order valence-electron chi connectivity index (χ4n) is 2.56. The minimum atomic E-state index is 1.00. The van der Waals surface area contributed by atoms with Crippen LogP contribution in [-0.2, 0) is 0 Å². The van der Waals surface area contributed by atoms with Crippen LogP contribution in [-0.4, -0.2) is 19.1 Å². The molecule has 0 aliphatic rings. The van der Waals surface area contributed by atoms with Gasteiger partial charge in [-0.15, -0.1) is 0 Å². The summed E-state index contributed by atoms with van der Waals surface area (Å²) in [6.07, 6.45) is 0. The van der Waals surface area contributed by atoms with Gasteiger partial charge in [0.15, 0.2) is 0 Å². The lowest BCUT2D eigenvalue weighted by atomic mass is 10.0. The van der Waals surface area contributed by atoms with E-state index in [1.54, 1.807) is 0 Å². The zero-order chi connectivity index (χ0) is 16.4. The van der Waals surface area contributed by atoms with Gasteiger partial charge in [0.25, 0.3) is 0 Å². The third kappa shape index (κ3) is 3.62. The highest BCUT2D eigenvalue weighted by Crippen LogP contribution is 2.28. The Hall–Kier alpha value is -2.13. The Morgan fingerprint density at radius 3 is 2.00 bits per heavy atom. The summed E-state index contributed by atoms with van der Waals surface area (Å²) in [4.78, 5) is 6.79. The van der Waals surface area contributed by atoms with Gasteiger partial charge in [-0.1, -0.05) is 40.2 Å². The molecule has 3 rings (SSSR count). The Morgan fingerprint density at radius 1 is 0.783 bits per heavy atom. The van der Waals surface area contributed by atoms with Gasteiger partial charge in [-0.05, 0) is 54.4 Å². The van der Waals surface area contributed by atoms with Crippen molar-refractivity contribution in [2.75, 3.05) is 19.0 Å². The maximum Gasteiger partial charge on any atom is 0.0711 e. The average molecular weight is 367 g/mol. The minimum absolute atomic E-state index is 1.00. The fraction of sp³-hybridized carbons (Fsp3) is 0.150. The molecule has 0 saturated heterocycles. The molecule has 2 aromatic carbocycles. The molecule has 0 radical (unpaired) electrons. The zero-order valence-electron chi connectivity index (χ0n) is 13.5. The normalized spacial score (nSPS) is 10.6. The monoisotopic (exact) mass is 366 g/mol. The van der Waals surface area contributed by atoms with Crippen LogP contribution in [0, 0.1) is 6.92 Å². The molecule has 3 aromatic rings. The van der Waals surface area contributed by atoms with Crippen LogP contribution < -0.4 is 4.90 Å². The van der Waals surface area contributed by atoms with Crippen molar-refractivity contribution in [2.24, 2.45) is 0 Å². The van der Waals surface area contributed by atoms with Gasteiger partial charge in [-0.3, -0.25) is 4.98 Å². The van der Waals surface area contributed by atoms with Crippen molar-refractivity contribution in [2.45, 2.75) is 6.92 Å². The molecule has 0 unspecified atom stereocenters. The molecule has 0 saturated carbocycles. The van der Waals surface area contributed by atoms with E-state index in [0.29, 0.717) is 0 Å². The SMILES string of the molecule is Cc1cc(-c2ccc(N(C)C)cc2)cc(-c2ccc(Br)cc2)n1. The third-order valence-corrected chi connectivity index (χ3v) is 4.34. The van der Waals surface area contributed by atoms with Gasteiger partial charge in [-0.2, -0.15) is 0 Å². The molecule has 2 nitrogen and oxygen atoms in total.